The van der Waals surface area contributed by atoms with Crippen LogP contribution in [0, 0.1) is 5.92 Å². The Morgan fingerprint density at radius 1 is 1.43 bits per heavy atom. The topological polar surface area (TPSA) is 24.5 Å². The fourth-order valence-electron chi connectivity index (χ4n) is 2.47. The molecule has 2 aliphatic rings. The lowest BCUT2D eigenvalue weighted by Crippen LogP contribution is -2.43. The van der Waals surface area contributed by atoms with Crippen LogP contribution in [0.1, 0.15) is 19.8 Å². The summed E-state index contributed by atoms with van der Waals surface area (Å²) in [7, 11) is 0. The van der Waals surface area contributed by atoms with Gasteiger partial charge in [-0.05, 0) is 25.3 Å². The lowest BCUT2D eigenvalue weighted by molar-refractivity contribution is 0.0168. The predicted octanol–water partition coefficient (Wildman–Crippen LogP) is 0.707. The predicted molar refractivity (Wildman–Crippen MR) is 57.4 cm³/mol. The lowest BCUT2D eigenvalue weighted by atomic mass is 10.1. The van der Waals surface area contributed by atoms with Gasteiger partial charge < -0.3 is 10.1 Å². The minimum Gasteiger partial charge on any atom is -0.380 e. The highest BCUT2D eigenvalue weighted by Gasteiger charge is 2.24. The Morgan fingerprint density at radius 3 is 3.14 bits per heavy atom. The monoisotopic (exact) mass is 198 g/mol. The highest BCUT2D eigenvalue weighted by atomic mass is 16.5. The van der Waals surface area contributed by atoms with Gasteiger partial charge >= 0.3 is 0 Å². The fourth-order valence-corrected chi connectivity index (χ4v) is 2.47. The first-order valence-corrected chi connectivity index (χ1v) is 5.89. The van der Waals surface area contributed by atoms with E-state index in [-0.39, 0.29) is 0 Å². The van der Waals surface area contributed by atoms with E-state index in [4.69, 9.17) is 4.74 Å². The molecule has 2 heterocycles. The summed E-state index contributed by atoms with van der Waals surface area (Å²) in [5.74, 6) is 0.777. The van der Waals surface area contributed by atoms with Crippen molar-refractivity contribution in [1.29, 1.82) is 0 Å². The first-order chi connectivity index (χ1) is 6.86. The summed E-state index contributed by atoms with van der Waals surface area (Å²) < 4.78 is 5.55. The SMILES string of the molecule is CC1CNCCN(C2CCCOC2)C1. The quantitative estimate of drug-likeness (QED) is 0.671. The van der Waals surface area contributed by atoms with Crippen LogP contribution in [0.3, 0.4) is 0 Å². The molecule has 0 radical (unpaired) electrons. The average molecular weight is 198 g/mol. The molecule has 0 amide bonds. The molecule has 0 saturated carbocycles. The van der Waals surface area contributed by atoms with Crippen molar-refractivity contribution in [3.05, 3.63) is 0 Å². The van der Waals surface area contributed by atoms with Crippen molar-refractivity contribution in [1.82, 2.24) is 10.2 Å². The number of rotatable bonds is 1. The van der Waals surface area contributed by atoms with E-state index in [0.717, 1.165) is 25.7 Å². The third kappa shape index (κ3) is 2.69. The van der Waals surface area contributed by atoms with Crippen LogP contribution in [0.15, 0.2) is 0 Å². The van der Waals surface area contributed by atoms with Crippen LogP contribution in [0.25, 0.3) is 0 Å². The molecule has 2 unspecified atom stereocenters. The highest BCUT2D eigenvalue weighted by molar-refractivity contribution is 4.79. The summed E-state index contributed by atoms with van der Waals surface area (Å²) in [4.78, 5) is 2.61. The Balaban J connectivity index is 1.87. The first kappa shape index (κ1) is 10.4. The summed E-state index contributed by atoms with van der Waals surface area (Å²) in [6, 6.07) is 0.686. The van der Waals surface area contributed by atoms with Crippen molar-refractivity contribution in [3.8, 4) is 0 Å². The highest BCUT2D eigenvalue weighted by Crippen LogP contribution is 2.15. The number of hydrogen-bond donors (Lipinski definition) is 1. The van der Waals surface area contributed by atoms with Crippen molar-refractivity contribution in [2.24, 2.45) is 5.92 Å². The molecule has 2 atom stereocenters. The van der Waals surface area contributed by atoms with E-state index in [2.05, 4.69) is 17.1 Å². The van der Waals surface area contributed by atoms with Crippen molar-refractivity contribution in [2.75, 3.05) is 39.4 Å². The first-order valence-electron chi connectivity index (χ1n) is 5.89. The summed E-state index contributed by atoms with van der Waals surface area (Å²) in [5, 5.41) is 3.48. The van der Waals surface area contributed by atoms with Gasteiger partial charge in [0.15, 0.2) is 0 Å². The Bertz CT molecular complexity index is 169. The van der Waals surface area contributed by atoms with Crippen LogP contribution in [-0.2, 0) is 4.74 Å². The van der Waals surface area contributed by atoms with E-state index in [1.807, 2.05) is 0 Å². The average Bonchev–Trinajstić information content (AvgIpc) is 2.44. The number of hydrogen-bond acceptors (Lipinski definition) is 3. The number of ether oxygens (including phenoxy) is 1. The molecule has 14 heavy (non-hydrogen) atoms. The van der Waals surface area contributed by atoms with Crippen LogP contribution >= 0.6 is 0 Å². The van der Waals surface area contributed by atoms with Crippen LogP contribution in [0.4, 0.5) is 0 Å². The summed E-state index contributed by atoms with van der Waals surface area (Å²) in [6.45, 7) is 8.99. The lowest BCUT2D eigenvalue weighted by Gasteiger charge is -2.34. The molecule has 3 heteroatoms. The third-order valence-corrected chi connectivity index (χ3v) is 3.27. The molecule has 0 aliphatic carbocycles. The van der Waals surface area contributed by atoms with E-state index in [1.165, 1.54) is 32.5 Å². The molecule has 2 aliphatic heterocycles. The molecule has 3 nitrogen and oxygen atoms in total. The molecule has 0 aromatic carbocycles. The maximum absolute atomic E-state index is 5.55. The fraction of sp³-hybridized carbons (Fsp3) is 1.00. The van der Waals surface area contributed by atoms with Gasteiger partial charge in [0.25, 0.3) is 0 Å². The van der Waals surface area contributed by atoms with Gasteiger partial charge in [-0.25, -0.2) is 0 Å². The molecular weight excluding hydrogens is 176 g/mol. The second-order valence-electron chi connectivity index (χ2n) is 4.68. The Labute approximate surface area is 86.8 Å². The van der Waals surface area contributed by atoms with E-state index < -0.39 is 0 Å². The Kier molecular flexibility index (Phi) is 3.79. The maximum Gasteiger partial charge on any atom is 0.0621 e. The van der Waals surface area contributed by atoms with Gasteiger partial charge in [0.05, 0.1) is 6.61 Å². The number of nitrogens with zero attached hydrogens (tertiary/aromatic N) is 1. The normalized spacial score (nSPS) is 36.6. The zero-order valence-corrected chi connectivity index (χ0v) is 9.17. The zero-order chi connectivity index (χ0) is 9.80. The molecule has 2 saturated heterocycles. The second-order valence-corrected chi connectivity index (χ2v) is 4.68. The molecule has 2 rings (SSSR count). The standard InChI is InChI=1S/C11H22N2O/c1-10-7-12-4-5-13(8-10)11-3-2-6-14-9-11/h10-12H,2-9H2,1H3. The van der Waals surface area contributed by atoms with Crippen molar-refractivity contribution < 1.29 is 4.74 Å². The van der Waals surface area contributed by atoms with E-state index in [9.17, 15) is 0 Å². The molecule has 0 bridgehead atoms. The molecule has 2 fully saturated rings. The van der Waals surface area contributed by atoms with Gasteiger partial charge in [0.1, 0.15) is 0 Å². The molecule has 0 aromatic heterocycles. The van der Waals surface area contributed by atoms with Gasteiger partial charge in [-0.1, -0.05) is 6.92 Å². The van der Waals surface area contributed by atoms with Crippen molar-refractivity contribution in [2.45, 2.75) is 25.8 Å². The zero-order valence-electron chi connectivity index (χ0n) is 9.17. The van der Waals surface area contributed by atoms with Crippen LogP contribution in [-0.4, -0.2) is 50.3 Å². The van der Waals surface area contributed by atoms with E-state index in [1.54, 1.807) is 0 Å². The van der Waals surface area contributed by atoms with E-state index >= 15 is 0 Å². The van der Waals surface area contributed by atoms with Gasteiger partial charge in [0, 0.05) is 32.3 Å². The van der Waals surface area contributed by atoms with E-state index in [0.29, 0.717) is 6.04 Å². The van der Waals surface area contributed by atoms with Gasteiger partial charge in [0.2, 0.25) is 0 Å². The third-order valence-electron chi connectivity index (χ3n) is 3.27. The number of nitrogens with one attached hydrogen (secondary N) is 1. The molecule has 0 aromatic rings. The minimum absolute atomic E-state index is 0.686. The van der Waals surface area contributed by atoms with Crippen molar-refractivity contribution >= 4 is 0 Å². The Morgan fingerprint density at radius 2 is 2.36 bits per heavy atom. The smallest absolute Gasteiger partial charge is 0.0621 e. The molecular formula is C11H22N2O. The van der Waals surface area contributed by atoms with Gasteiger partial charge in [-0.2, -0.15) is 0 Å². The van der Waals surface area contributed by atoms with Crippen molar-refractivity contribution in [3.63, 3.8) is 0 Å². The summed E-state index contributed by atoms with van der Waals surface area (Å²) in [5.41, 5.74) is 0. The van der Waals surface area contributed by atoms with Gasteiger partial charge in [-0.3, -0.25) is 4.90 Å². The molecule has 1 N–H and O–H groups in total. The van der Waals surface area contributed by atoms with Crippen LogP contribution < -0.4 is 5.32 Å². The molecule has 82 valence electrons. The second kappa shape index (κ2) is 5.10. The minimum atomic E-state index is 0.686. The van der Waals surface area contributed by atoms with Crippen LogP contribution in [0.2, 0.25) is 0 Å². The maximum atomic E-state index is 5.55. The Hall–Kier alpha value is -0.120. The molecule has 0 spiro atoms. The van der Waals surface area contributed by atoms with Gasteiger partial charge in [-0.15, -0.1) is 0 Å². The van der Waals surface area contributed by atoms with Crippen LogP contribution in [0.5, 0.6) is 0 Å². The largest absolute Gasteiger partial charge is 0.380 e. The summed E-state index contributed by atoms with van der Waals surface area (Å²) in [6.07, 6.45) is 2.57. The summed E-state index contributed by atoms with van der Waals surface area (Å²) >= 11 is 0.